The van der Waals surface area contributed by atoms with Crippen LogP contribution in [0.3, 0.4) is 0 Å². The lowest BCUT2D eigenvalue weighted by molar-refractivity contribution is -0.154. The normalized spacial score (nSPS) is 10.3. The Kier molecular flexibility index (Phi) is 7.08. The van der Waals surface area contributed by atoms with E-state index in [0.717, 1.165) is 18.4 Å². The molecule has 2 aromatic rings. The highest BCUT2D eigenvalue weighted by molar-refractivity contribution is 6.34. The van der Waals surface area contributed by atoms with Crippen LogP contribution in [0.25, 0.3) is 0 Å². The van der Waals surface area contributed by atoms with E-state index < -0.39 is 11.8 Å². The number of Topliss-reactive ketones (excluding diaryl/α,β-unsaturated/α-hetero) is 2. The van der Waals surface area contributed by atoms with Crippen molar-refractivity contribution in [2.75, 3.05) is 0 Å². The van der Waals surface area contributed by atoms with Gasteiger partial charge in [0.25, 0.3) is 0 Å². The van der Waals surface area contributed by atoms with E-state index in [-0.39, 0.29) is 25.2 Å². The molecule has 0 saturated heterocycles. The Labute approximate surface area is 147 Å². The van der Waals surface area contributed by atoms with Crippen molar-refractivity contribution in [3.05, 3.63) is 71.3 Å². The van der Waals surface area contributed by atoms with Gasteiger partial charge in [0, 0.05) is 18.4 Å². The minimum absolute atomic E-state index is 0.00634. The van der Waals surface area contributed by atoms with Gasteiger partial charge in [-0.25, -0.2) is 4.79 Å². The zero-order valence-corrected chi connectivity index (χ0v) is 14.4. The fourth-order valence-electron chi connectivity index (χ4n) is 2.42. The highest BCUT2D eigenvalue weighted by Crippen LogP contribution is 2.10. The molecular formula is C21H22O4. The van der Waals surface area contributed by atoms with Crippen molar-refractivity contribution >= 4 is 17.5 Å². The molecule has 0 fully saturated rings. The second-order valence-electron chi connectivity index (χ2n) is 5.86. The molecular weight excluding hydrogens is 316 g/mol. The minimum Gasteiger partial charge on any atom is -0.455 e. The second-order valence-corrected chi connectivity index (χ2v) is 5.86. The number of carbonyl (C=O) groups is 3. The summed E-state index contributed by atoms with van der Waals surface area (Å²) in [6, 6.07) is 16.5. The first-order valence-corrected chi connectivity index (χ1v) is 8.46. The van der Waals surface area contributed by atoms with E-state index in [4.69, 9.17) is 4.74 Å². The Morgan fingerprint density at radius 3 is 2.16 bits per heavy atom. The van der Waals surface area contributed by atoms with Crippen molar-refractivity contribution in [2.45, 2.75) is 39.2 Å². The predicted octanol–water partition coefficient (Wildman–Crippen LogP) is 3.91. The number of hydrogen-bond donors (Lipinski definition) is 0. The van der Waals surface area contributed by atoms with E-state index in [0.29, 0.717) is 5.56 Å². The van der Waals surface area contributed by atoms with E-state index in [9.17, 15) is 14.4 Å². The Hall–Kier alpha value is -2.75. The number of ketones is 2. The van der Waals surface area contributed by atoms with Crippen LogP contribution in [0.5, 0.6) is 0 Å². The predicted molar refractivity (Wildman–Crippen MR) is 95.2 cm³/mol. The molecule has 0 bridgehead atoms. The fourth-order valence-corrected chi connectivity index (χ4v) is 2.42. The summed E-state index contributed by atoms with van der Waals surface area (Å²) in [5, 5.41) is 0. The quantitative estimate of drug-likeness (QED) is 0.395. The number of ether oxygens (including phenoxy) is 1. The number of esters is 1. The van der Waals surface area contributed by atoms with Gasteiger partial charge in [-0.05, 0) is 17.5 Å². The minimum atomic E-state index is -0.894. The molecule has 0 aromatic heterocycles. The van der Waals surface area contributed by atoms with Crippen LogP contribution in [-0.4, -0.2) is 17.5 Å². The Bertz CT molecular complexity index is 717. The average molecular weight is 338 g/mol. The molecule has 0 unspecified atom stereocenters. The van der Waals surface area contributed by atoms with Gasteiger partial charge in [0.2, 0.25) is 5.78 Å². The highest BCUT2D eigenvalue weighted by atomic mass is 16.5. The molecule has 0 aliphatic rings. The molecule has 0 spiro atoms. The van der Waals surface area contributed by atoms with E-state index in [2.05, 4.69) is 6.92 Å². The molecule has 0 heterocycles. The summed E-state index contributed by atoms with van der Waals surface area (Å²) in [7, 11) is 0. The van der Waals surface area contributed by atoms with Gasteiger partial charge < -0.3 is 4.74 Å². The van der Waals surface area contributed by atoms with Crippen molar-refractivity contribution in [1.29, 1.82) is 0 Å². The van der Waals surface area contributed by atoms with Crippen molar-refractivity contribution in [3.8, 4) is 0 Å². The molecule has 0 N–H and O–H groups in total. The van der Waals surface area contributed by atoms with Crippen molar-refractivity contribution in [3.63, 3.8) is 0 Å². The number of rotatable bonds is 9. The number of carbonyl (C=O) groups excluding carboxylic acids is 3. The fraction of sp³-hybridized carbons (Fsp3) is 0.286. The van der Waals surface area contributed by atoms with Crippen LogP contribution < -0.4 is 0 Å². The SMILES string of the molecule is CCCc1ccc(C(=O)CCC(=O)C(=O)OCc2ccccc2)cc1. The number of benzene rings is 2. The Balaban J connectivity index is 1.78. The van der Waals surface area contributed by atoms with Crippen LogP contribution in [-0.2, 0) is 27.4 Å². The highest BCUT2D eigenvalue weighted by Gasteiger charge is 2.17. The lowest BCUT2D eigenvalue weighted by atomic mass is 10.0. The van der Waals surface area contributed by atoms with Crippen LogP contribution >= 0.6 is 0 Å². The van der Waals surface area contributed by atoms with Gasteiger partial charge in [-0.1, -0.05) is 67.9 Å². The third-order valence-corrected chi connectivity index (χ3v) is 3.83. The van der Waals surface area contributed by atoms with E-state index in [1.165, 1.54) is 5.56 Å². The second kappa shape index (κ2) is 9.52. The summed E-state index contributed by atoms with van der Waals surface area (Å²) < 4.78 is 4.97. The first-order chi connectivity index (χ1) is 12.1. The summed E-state index contributed by atoms with van der Waals surface area (Å²) in [5.41, 5.74) is 2.55. The van der Waals surface area contributed by atoms with Crippen molar-refractivity contribution < 1.29 is 19.1 Å². The average Bonchev–Trinajstić information content (AvgIpc) is 2.65. The summed E-state index contributed by atoms with van der Waals surface area (Å²) in [6.45, 7) is 2.15. The molecule has 4 nitrogen and oxygen atoms in total. The third kappa shape index (κ3) is 5.99. The van der Waals surface area contributed by atoms with Crippen molar-refractivity contribution in [2.24, 2.45) is 0 Å². The van der Waals surface area contributed by atoms with Gasteiger partial charge in [-0.3, -0.25) is 9.59 Å². The summed E-state index contributed by atoms with van der Waals surface area (Å²) in [5.74, 6) is -1.71. The summed E-state index contributed by atoms with van der Waals surface area (Å²) in [4.78, 5) is 35.6. The van der Waals surface area contributed by atoms with Gasteiger partial charge in [0.1, 0.15) is 6.61 Å². The Morgan fingerprint density at radius 1 is 0.840 bits per heavy atom. The first-order valence-electron chi connectivity index (χ1n) is 8.46. The molecule has 0 aliphatic carbocycles. The summed E-state index contributed by atoms with van der Waals surface area (Å²) in [6.07, 6.45) is 1.89. The molecule has 0 saturated carbocycles. The molecule has 2 aromatic carbocycles. The van der Waals surface area contributed by atoms with Gasteiger partial charge in [0.15, 0.2) is 5.78 Å². The zero-order chi connectivity index (χ0) is 18.1. The third-order valence-electron chi connectivity index (χ3n) is 3.83. The van der Waals surface area contributed by atoms with Gasteiger partial charge in [-0.2, -0.15) is 0 Å². The van der Waals surface area contributed by atoms with Gasteiger partial charge in [-0.15, -0.1) is 0 Å². The van der Waals surface area contributed by atoms with Gasteiger partial charge in [0.05, 0.1) is 0 Å². The monoisotopic (exact) mass is 338 g/mol. The molecule has 0 aliphatic heterocycles. The molecule has 0 radical (unpaired) electrons. The van der Waals surface area contributed by atoms with E-state index in [1.807, 2.05) is 42.5 Å². The molecule has 2 rings (SSSR count). The standard InChI is InChI=1S/C21H22O4/c1-2-6-16-9-11-18(12-10-16)19(22)13-14-20(23)21(24)25-15-17-7-4-3-5-8-17/h3-5,7-12H,2,6,13-15H2,1H3. The molecule has 4 heteroatoms. The molecule has 0 amide bonds. The van der Waals surface area contributed by atoms with Crippen LogP contribution in [0, 0.1) is 0 Å². The maximum absolute atomic E-state index is 12.1. The van der Waals surface area contributed by atoms with Crippen molar-refractivity contribution in [1.82, 2.24) is 0 Å². The Morgan fingerprint density at radius 2 is 1.52 bits per heavy atom. The number of hydrogen-bond acceptors (Lipinski definition) is 4. The van der Waals surface area contributed by atoms with E-state index >= 15 is 0 Å². The lowest BCUT2D eigenvalue weighted by Gasteiger charge is -2.05. The zero-order valence-electron chi connectivity index (χ0n) is 14.4. The van der Waals surface area contributed by atoms with Crippen LogP contribution in [0.15, 0.2) is 54.6 Å². The smallest absolute Gasteiger partial charge is 0.374 e. The van der Waals surface area contributed by atoms with Crippen LogP contribution in [0.4, 0.5) is 0 Å². The van der Waals surface area contributed by atoms with Crippen LogP contribution in [0.2, 0.25) is 0 Å². The van der Waals surface area contributed by atoms with Gasteiger partial charge >= 0.3 is 5.97 Å². The van der Waals surface area contributed by atoms with Crippen LogP contribution in [0.1, 0.15) is 47.7 Å². The summed E-state index contributed by atoms with van der Waals surface area (Å²) >= 11 is 0. The molecule has 130 valence electrons. The topological polar surface area (TPSA) is 60.4 Å². The molecule has 25 heavy (non-hydrogen) atoms. The first kappa shape index (κ1) is 18.6. The largest absolute Gasteiger partial charge is 0.455 e. The lowest BCUT2D eigenvalue weighted by Crippen LogP contribution is -2.18. The maximum atomic E-state index is 12.1. The maximum Gasteiger partial charge on any atom is 0.374 e. The number of aryl methyl sites for hydroxylation is 1. The van der Waals surface area contributed by atoms with E-state index in [1.54, 1.807) is 12.1 Å². The molecule has 0 atom stereocenters.